The normalized spacial score (nSPS) is 15.1. The highest BCUT2D eigenvalue weighted by atomic mass is 79.9. The number of hydrogen-bond acceptors (Lipinski definition) is 7. The summed E-state index contributed by atoms with van der Waals surface area (Å²) in [5.41, 5.74) is 3.32. The molecule has 1 atom stereocenters. The van der Waals surface area contributed by atoms with E-state index in [0.717, 1.165) is 27.0 Å². The number of benzene rings is 2. The van der Waals surface area contributed by atoms with Crippen LogP contribution in [0, 0.1) is 0 Å². The van der Waals surface area contributed by atoms with Crippen LogP contribution in [-0.2, 0) is 0 Å². The van der Waals surface area contributed by atoms with E-state index in [1.807, 2.05) is 48.7 Å². The van der Waals surface area contributed by atoms with Crippen LogP contribution in [0.15, 0.2) is 52.1 Å². The summed E-state index contributed by atoms with van der Waals surface area (Å²) in [4.78, 5) is 4.52. The molecule has 1 unspecified atom stereocenters. The highest BCUT2D eigenvalue weighted by Gasteiger charge is 2.27. The molecule has 8 heteroatoms. The van der Waals surface area contributed by atoms with E-state index in [1.54, 1.807) is 7.11 Å². The second-order valence-electron chi connectivity index (χ2n) is 5.53. The SMILES string of the molecule is COc1ccc(Br)c(C2Nc3ccccc3-c3nnc(SC)nc3O2)c1. The summed E-state index contributed by atoms with van der Waals surface area (Å²) < 4.78 is 12.5. The zero-order valence-electron chi connectivity index (χ0n) is 14.1. The van der Waals surface area contributed by atoms with Crippen molar-refractivity contribution in [3.63, 3.8) is 0 Å². The number of methoxy groups -OCH3 is 1. The first kappa shape index (κ1) is 17.1. The maximum absolute atomic E-state index is 6.22. The molecule has 0 amide bonds. The molecule has 1 aliphatic heterocycles. The molecule has 0 saturated heterocycles. The molecular weight excluding hydrogens is 416 g/mol. The molecule has 6 nitrogen and oxygen atoms in total. The number of anilines is 1. The van der Waals surface area contributed by atoms with Crippen LogP contribution in [0.4, 0.5) is 5.69 Å². The molecule has 0 spiro atoms. The standard InChI is InChI=1S/C18H15BrN4O2S/c1-24-10-7-8-13(19)12(9-10)16-20-14-6-4-3-5-11(14)15-17(25-16)21-18(26-2)23-22-15/h3-9,16,20H,1-2H3. The van der Waals surface area contributed by atoms with E-state index < -0.39 is 6.23 Å². The van der Waals surface area contributed by atoms with Gasteiger partial charge in [-0.3, -0.25) is 0 Å². The van der Waals surface area contributed by atoms with Crippen molar-refractivity contribution in [2.75, 3.05) is 18.7 Å². The Hall–Kier alpha value is -2.32. The zero-order valence-corrected chi connectivity index (χ0v) is 16.5. The maximum atomic E-state index is 6.22. The molecule has 1 aliphatic rings. The fourth-order valence-corrected chi connectivity index (χ4v) is 3.48. The van der Waals surface area contributed by atoms with E-state index in [1.165, 1.54) is 11.8 Å². The quantitative estimate of drug-likeness (QED) is 0.611. The van der Waals surface area contributed by atoms with Gasteiger partial charge in [0, 0.05) is 21.3 Å². The Balaban J connectivity index is 1.87. The molecule has 2 heterocycles. The van der Waals surface area contributed by atoms with Gasteiger partial charge in [0.05, 0.1) is 7.11 Å². The second kappa shape index (κ2) is 7.13. The largest absolute Gasteiger partial charge is 0.497 e. The molecule has 1 aromatic heterocycles. The lowest BCUT2D eigenvalue weighted by atomic mass is 10.1. The number of para-hydroxylation sites is 1. The number of rotatable bonds is 3. The first-order valence-electron chi connectivity index (χ1n) is 7.84. The number of fused-ring (bicyclic) bond motifs is 3. The molecule has 2 aromatic carbocycles. The number of nitrogens with one attached hydrogen (secondary N) is 1. The van der Waals surface area contributed by atoms with Gasteiger partial charge in [0.2, 0.25) is 11.0 Å². The first-order valence-corrected chi connectivity index (χ1v) is 9.86. The fraction of sp³-hybridized carbons (Fsp3) is 0.167. The Morgan fingerprint density at radius 3 is 2.85 bits per heavy atom. The second-order valence-corrected chi connectivity index (χ2v) is 7.16. The average Bonchev–Trinajstić information content (AvgIpc) is 2.84. The van der Waals surface area contributed by atoms with Crippen molar-refractivity contribution in [1.82, 2.24) is 15.2 Å². The summed E-state index contributed by atoms with van der Waals surface area (Å²) in [6.45, 7) is 0. The molecular formula is C18H15BrN4O2S. The fourth-order valence-electron chi connectivity index (χ4n) is 2.72. The minimum Gasteiger partial charge on any atom is -0.497 e. The molecule has 0 radical (unpaired) electrons. The Kier molecular flexibility index (Phi) is 4.69. The number of hydrogen-bond donors (Lipinski definition) is 1. The lowest BCUT2D eigenvalue weighted by molar-refractivity contribution is 0.224. The van der Waals surface area contributed by atoms with E-state index in [2.05, 4.69) is 36.4 Å². The molecule has 0 aliphatic carbocycles. The first-order chi connectivity index (χ1) is 12.7. The van der Waals surface area contributed by atoms with E-state index in [-0.39, 0.29) is 0 Å². The Morgan fingerprint density at radius 1 is 1.19 bits per heavy atom. The van der Waals surface area contributed by atoms with Crippen molar-refractivity contribution in [2.45, 2.75) is 11.4 Å². The van der Waals surface area contributed by atoms with E-state index in [9.17, 15) is 0 Å². The van der Waals surface area contributed by atoms with Crippen LogP contribution >= 0.6 is 27.7 Å². The minimum atomic E-state index is -0.465. The van der Waals surface area contributed by atoms with Gasteiger partial charge in [-0.2, -0.15) is 4.98 Å². The molecule has 4 rings (SSSR count). The van der Waals surface area contributed by atoms with Gasteiger partial charge in [0.1, 0.15) is 5.75 Å². The average molecular weight is 431 g/mol. The number of ether oxygens (including phenoxy) is 2. The number of thioether (sulfide) groups is 1. The van der Waals surface area contributed by atoms with Crippen molar-refractivity contribution in [2.24, 2.45) is 0 Å². The third-order valence-electron chi connectivity index (χ3n) is 4.00. The molecule has 3 aromatic rings. The van der Waals surface area contributed by atoms with Crippen LogP contribution in [-0.4, -0.2) is 28.5 Å². The van der Waals surface area contributed by atoms with E-state index >= 15 is 0 Å². The number of halogens is 1. The van der Waals surface area contributed by atoms with Crippen molar-refractivity contribution in [3.05, 3.63) is 52.5 Å². The van der Waals surface area contributed by atoms with Gasteiger partial charge in [-0.05, 0) is 30.5 Å². The van der Waals surface area contributed by atoms with E-state index in [4.69, 9.17) is 9.47 Å². The van der Waals surface area contributed by atoms with E-state index in [0.29, 0.717) is 16.7 Å². The van der Waals surface area contributed by atoms with Gasteiger partial charge in [0.25, 0.3) is 0 Å². The predicted molar refractivity (Wildman–Crippen MR) is 105 cm³/mol. The van der Waals surface area contributed by atoms with Crippen molar-refractivity contribution in [3.8, 4) is 22.9 Å². The van der Waals surface area contributed by atoms with Gasteiger partial charge in [0.15, 0.2) is 11.9 Å². The smallest absolute Gasteiger partial charge is 0.247 e. The van der Waals surface area contributed by atoms with Gasteiger partial charge in [-0.25, -0.2) is 0 Å². The van der Waals surface area contributed by atoms with Gasteiger partial charge >= 0.3 is 0 Å². The summed E-state index contributed by atoms with van der Waals surface area (Å²) in [6.07, 6.45) is 1.44. The summed E-state index contributed by atoms with van der Waals surface area (Å²) in [5.74, 6) is 1.19. The highest BCUT2D eigenvalue weighted by Crippen LogP contribution is 2.41. The molecule has 0 bridgehead atoms. The molecule has 1 N–H and O–H groups in total. The summed E-state index contributed by atoms with van der Waals surface area (Å²) >= 11 is 5.02. The van der Waals surface area contributed by atoms with Crippen LogP contribution in [0.1, 0.15) is 11.8 Å². The Labute approximate surface area is 163 Å². The molecule has 0 fully saturated rings. The molecule has 26 heavy (non-hydrogen) atoms. The maximum Gasteiger partial charge on any atom is 0.247 e. The predicted octanol–water partition coefficient (Wildman–Crippen LogP) is 4.53. The van der Waals surface area contributed by atoms with Crippen LogP contribution in [0.25, 0.3) is 11.3 Å². The number of aromatic nitrogens is 3. The van der Waals surface area contributed by atoms with Crippen molar-refractivity contribution in [1.29, 1.82) is 0 Å². The summed E-state index contributed by atoms with van der Waals surface area (Å²) in [6, 6.07) is 13.6. The lowest BCUT2D eigenvalue weighted by Crippen LogP contribution is -2.17. The van der Waals surface area contributed by atoms with Crippen LogP contribution < -0.4 is 14.8 Å². The van der Waals surface area contributed by atoms with Gasteiger partial charge < -0.3 is 14.8 Å². The zero-order chi connectivity index (χ0) is 18.1. The Morgan fingerprint density at radius 2 is 2.04 bits per heavy atom. The molecule has 0 saturated carbocycles. The van der Waals surface area contributed by atoms with Crippen LogP contribution in [0.2, 0.25) is 0 Å². The van der Waals surface area contributed by atoms with Crippen LogP contribution in [0.3, 0.4) is 0 Å². The van der Waals surface area contributed by atoms with Crippen molar-refractivity contribution >= 4 is 33.4 Å². The topological polar surface area (TPSA) is 69.2 Å². The van der Waals surface area contributed by atoms with Gasteiger partial charge in [-0.15, -0.1) is 10.2 Å². The summed E-state index contributed by atoms with van der Waals surface area (Å²) in [7, 11) is 1.64. The van der Waals surface area contributed by atoms with Crippen molar-refractivity contribution < 1.29 is 9.47 Å². The lowest BCUT2D eigenvalue weighted by Gasteiger charge is -2.21. The third kappa shape index (κ3) is 3.10. The molecule has 132 valence electrons. The number of nitrogens with zero attached hydrogens (tertiary/aromatic N) is 3. The van der Waals surface area contributed by atoms with Crippen LogP contribution in [0.5, 0.6) is 11.6 Å². The summed E-state index contributed by atoms with van der Waals surface area (Å²) in [5, 5.41) is 12.5. The van der Waals surface area contributed by atoms with Gasteiger partial charge in [-0.1, -0.05) is 45.9 Å². The third-order valence-corrected chi connectivity index (χ3v) is 5.26. The highest BCUT2D eigenvalue weighted by molar-refractivity contribution is 9.10. The monoisotopic (exact) mass is 430 g/mol. The minimum absolute atomic E-state index is 0.446. The Bertz CT molecular complexity index is 970.